The minimum atomic E-state index is -0.372. The van der Waals surface area contributed by atoms with Gasteiger partial charge in [-0.05, 0) is 46.3 Å². The van der Waals surface area contributed by atoms with Gasteiger partial charge in [0.25, 0.3) is 5.91 Å². The first kappa shape index (κ1) is 14.6. The highest BCUT2D eigenvalue weighted by molar-refractivity contribution is 9.10. The van der Waals surface area contributed by atoms with Crippen LogP contribution in [0.15, 0.2) is 34.8 Å². The maximum absolute atomic E-state index is 12.0. The van der Waals surface area contributed by atoms with Gasteiger partial charge in [0.05, 0.1) is 10.6 Å². The molecule has 0 unspecified atom stereocenters. The van der Waals surface area contributed by atoms with Gasteiger partial charge in [0, 0.05) is 10.2 Å². The van der Waals surface area contributed by atoms with Crippen LogP contribution in [0.4, 0.5) is 5.69 Å². The average molecular weight is 380 g/mol. The highest BCUT2D eigenvalue weighted by atomic mass is 79.9. The molecule has 3 nitrogen and oxygen atoms in total. The molecule has 1 amide bonds. The predicted molar refractivity (Wildman–Crippen MR) is 81.4 cm³/mol. The third-order valence-electron chi connectivity index (χ3n) is 2.24. The Morgan fingerprint density at radius 3 is 2.53 bits per heavy atom. The van der Waals surface area contributed by atoms with Crippen molar-refractivity contribution in [1.29, 1.82) is 0 Å². The molecule has 19 heavy (non-hydrogen) atoms. The Hall–Kier alpha value is -0.810. The minimum Gasteiger partial charge on any atom is -0.322 e. The fourth-order valence-electron chi connectivity index (χ4n) is 1.35. The summed E-state index contributed by atoms with van der Waals surface area (Å²) in [5, 5.41) is 3.54. The Labute approximate surface area is 133 Å². The number of anilines is 1. The zero-order chi connectivity index (χ0) is 14.0. The predicted octanol–water partition coefficient (Wildman–Crippen LogP) is 5.06. The molecule has 1 aromatic carbocycles. The van der Waals surface area contributed by atoms with E-state index in [9.17, 15) is 4.79 Å². The molecule has 98 valence electrons. The fourth-order valence-corrected chi connectivity index (χ4v) is 2.28. The molecule has 0 atom stereocenters. The molecule has 0 spiro atoms. The molecule has 0 aliphatic rings. The first-order valence-corrected chi connectivity index (χ1v) is 6.98. The molecular formula is C12H6BrCl3N2O. The van der Waals surface area contributed by atoms with Gasteiger partial charge >= 0.3 is 0 Å². The lowest BCUT2D eigenvalue weighted by Gasteiger charge is -2.07. The van der Waals surface area contributed by atoms with E-state index in [0.717, 1.165) is 0 Å². The van der Waals surface area contributed by atoms with Gasteiger partial charge in [0.1, 0.15) is 10.3 Å². The van der Waals surface area contributed by atoms with E-state index in [0.29, 0.717) is 15.2 Å². The molecular weight excluding hydrogens is 374 g/mol. The largest absolute Gasteiger partial charge is 0.322 e. The smallest absolute Gasteiger partial charge is 0.258 e. The Morgan fingerprint density at radius 1 is 1.16 bits per heavy atom. The number of benzene rings is 1. The van der Waals surface area contributed by atoms with Crippen LogP contribution in [0.2, 0.25) is 15.3 Å². The minimum absolute atomic E-state index is 0.0537. The highest BCUT2D eigenvalue weighted by Crippen LogP contribution is 2.26. The second-order valence-corrected chi connectivity index (χ2v) is 5.56. The van der Waals surface area contributed by atoms with E-state index < -0.39 is 0 Å². The van der Waals surface area contributed by atoms with Crippen LogP contribution in [0.5, 0.6) is 0 Å². The van der Waals surface area contributed by atoms with Crippen LogP contribution in [0.1, 0.15) is 10.4 Å². The third kappa shape index (κ3) is 3.60. The number of aromatic nitrogens is 1. The summed E-state index contributed by atoms with van der Waals surface area (Å²) in [6.07, 6.45) is 0. The first-order valence-electron chi connectivity index (χ1n) is 5.06. The summed E-state index contributed by atoms with van der Waals surface area (Å²) in [6, 6.07) is 8.06. The second-order valence-electron chi connectivity index (χ2n) is 3.56. The maximum atomic E-state index is 12.0. The van der Waals surface area contributed by atoms with Crippen LogP contribution in [-0.4, -0.2) is 10.9 Å². The van der Waals surface area contributed by atoms with E-state index in [1.54, 1.807) is 18.2 Å². The van der Waals surface area contributed by atoms with E-state index >= 15 is 0 Å². The van der Waals surface area contributed by atoms with Crippen LogP contribution in [0.25, 0.3) is 0 Å². The summed E-state index contributed by atoms with van der Waals surface area (Å²) in [5.74, 6) is -0.372. The SMILES string of the molecule is O=C(Nc1ccc(Cl)c(Br)c1)c1ccc(Cl)nc1Cl. The Kier molecular flexibility index (Phi) is 4.68. The van der Waals surface area contributed by atoms with E-state index in [4.69, 9.17) is 34.8 Å². The van der Waals surface area contributed by atoms with Gasteiger partial charge in [-0.1, -0.05) is 34.8 Å². The zero-order valence-electron chi connectivity index (χ0n) is 9.25. The van der Waals surface area contributed by atoms with Gasteiger partial charge in [-0.25, -0.2) is 4.98 Å². The molecule has 0 fully saturated rings. The van der Waals surface area contributed by atoms with Gasteiger partial charge in [-0.3, -0.25) is 4.79 Å². The highest BCUT2D eigenvalue weighted by Gasteiger charge is 2.12. The number of pyridine rings is 1. The average Bonchev–Trinajstić information content (AvgIpc) is 2.33. The van der Waals surface area contributed by atoms with Gasteiger partial charge in [0.2, 0.25) is 0 Å². The third-order valence-corrected chi connectivity index (χ3v) is 3.95. The van der Waals surface area contributed by atoms with Crippen molar-refractivity contribution >= 4 is 62.3 Å². The maximum Gasteiger partial charge on any atom is 0.258 e. The van der Waals surface area contributed by atoms with Crippen molar-refractivity contribution in [3.05, 3.63) is 55.7 Å². The number of halogens is 4. The number of carbonyl (C=O) groups excluding carboxylic acids is 1. The lowest BCUT2D eigenvalue weighted by atomic mass is 10.2. The summed E-state index contributed by atoms with van der Waals surface area (Å²) in [6.45, 7) is 0. The number of nitrogens with one attached hydrogen (secondary N) is 1. The summed E-state index contributed by atoms with van der Waals surface area (Å²) >= 11 is 20.7. The molecule has 1 aromatic heterocycles. The quantitative estimate of drug-likeness (QED) is 0.740. The van der Waals surface area contributed by atoms with Crippen molar-refractivity contribution in [2.75, 3.05) is 5.32 Å². The van der Waals surface area contributed by atoms with E-state index in [1.807, 2.05) is 0 Å². The van der Waals surface area contributed by atoms with Crippen LogP contribution in [0.3, 0.4) is 0 Å². The number of hydrogen-bond donors (Lipinski definition) is 1. The normalized spacial score (nSPS) is 10.3. The topological polar surface area (TPSA) is 42.0 Å². The van der Waals surface area contributed by atoms with Gasteiger partial charge in [0.15, 0.2) is 0 Å². The molecule has 0 aliphatic carbocycles. The van der Waals surface area contributed by atoms with Crippen LogP contribution in [0, 0.1) is 0 Å². The summed E-state index contributed by atoms with van der Waals surface area (Å²) in [7, 11) is 0. The van der Waals surface area contributed by atoms with Crippen LogP contribution >= 0.6 is 50.7 Å². The number of rotatable bonds is 2. The lowest BCUT2D eigenvalue weighted by molar-refractivity contribution is 0.102. The van der Waals surface area contributed by atoms with Gasteiger partial charge in [-0.15, -0.1) is 0 Å². The summed E-state index contributed by atoms with van der Waals surface area (Å²) in [4.78, 5) is 15.8. The van der Waals surface area contributed by atoms with E-state index in [2.05, 4.69) is 26.2 Å². The van der Waals surface area contributed by atoms with Crippen molar-refractivity contribution in [3.8, 4) is 0 Å². The molecule has 0 aliphatic heterocycles. The number of hydrogen-bond acceptors (Lipinski definition) is 2. The van der Waals surface area contributed by atoms with Crippen molar-refractivity contribution in [1.82, 2.24) is 4.98 Å². The Morgan fingerprint density at radius 2 is 1.89 bits per heavy atom. The lowest BCUT2D eigenvalue weighted by Crippen LogP contribution is -2.13. The van der Waals surface area contributed by atoms with Crippen molar-refractivity contribution < 1.29 is 4.79 Å². The molecule has 1 heterocycles. The van der Waals surface area contributed by atoms with Crippen LogP contribution in [-0.2, 0) is 0 Å². The van der Waals surface area contributed by atoms with Gasteiger partial charge < -0.3 is 5.32 Å². The van der Waals surface area contributed by atoms with Crippen molar-refractivity contribution in [2.45, 2.75) is 0 Å². The molecule has 0 bridgehead atoms. The molecule has 7 heteroatoms. The summed E-state index contributed by atoms with van der Waals surface area (Å²) < 4.78 is 0.687. The zero-order valence-corrected chi connectivity index (χ0v) is 13.1. The molecule has 0 saturated heterocycles. The van der Waals surface area contributed by atoms with E-state index in [1.165, 1.54) is 12.1 Å². The Bertz CT molecular complexity index is 649. The van der Waals surface area contributed by atoms with E-state index in [-0.39, 0.29) is 21.8 Å². The fraction of sp³-hybridized carbons (Fsp3) is 0. The molecule has 0 radical (unpaired) electrons. The number of carbonyl (C=O) groups is 1. The molecule has 2 aromatic rings. The molecule has 0 saturated carbocycles. The first-order chi connectivity index (χ1) is 8.97. The number of amides is 1. The standard InChI is InChI=1S/C12H6BrCl3N2O/c13-8-5-6(1-3-9(8)14)17-12(19)7-2-4-10(15)18-11(7)16/h1-5H,(H,17,19). The number of nitrogens with zero attached hydrogens (tertiary/aromatic N) is 1. The van der Waals surface area contributed by atoms with Gasteiger partial charge in [-0.2, -0.15) is 0 Å². The molecule has 1 N–H and O–H groups in total. The summed E-state index contributed by atoms with van der Waals surface area (Å²) in [5.41, 5.74) is 0.837. The Balaban J connectivity index is 2.23. The van der Waals surface area contributed by atoms with Crippen LogP contribution < -0.4 is 5.32 Å². The molecule has 2 rings (SSSR count). The monoisotopic (exact) mass is 378 g/mol. The van der Waals surface area contributed by atoms with Crippen molar-refractivity contribution in [2.24, 2.45) is 0 Å². The second kappa shape index (κ2) is 6.09. The van der Waals surface area contributed by atoms with Crippen molar-refractivity contribution in [3.63, 3.8) is 0 Å².